The first-order chi connectivity index (χ1) is 14.9. The first-order valence-corrected chi connectivity index (χ1v) is 10.5. The van der Waals surface area contributed by atoms with E-state index in [-0.39, 0.29) is 18.9 Å². The molecule has 5 nitrogen and oxygen atoms in total. The van der Waals surface area contributed by atoms with Gasteiger partial charge in [-0.05, 0) is 46.0 Å². The number of carbonyl (C=O) groups excluding carboxylic acids is 1. The summed E-state index contributed by atoms with van der Waals surface area (Å²) in [5.41, 5.74) is 5.00. The van der Waals surface area contributed by atoms with Crippen LogP contribution < -0.4 is 5.32 Å². The number of alkyl carbamates (subject to hydrolysis) is 1. The van der Waals surface area contributed by atoms with Crippen molar-refractivity contribution in [2.75, 3.05) is 6.61 Å². The molecule has 0 aromatic heterocycles. The zero-order chi connectivity index (χ0) is 22.0. The summed E-state index contributed by atoms with van der Waals surface area (Å²) in [5, 5.41) is 12.7. The molecule has 158 valence electrons. The second kappa shape index (κ2) is 9.00. The van der Waals surface area contributed by atoms with Crippen LogP contribution in [0.1, 0.15) is 22.6 Å². The summed E-state index contributed by atoms with van der Waals surface area (Å²) < 4.78 is 5.44. The molecule has 0 bridgehead atoms. The summed E-state index contributed by atoms with van der Waals surface area (Å²) in [4.78, 5) is 24.1. The van der Waals surface area contributed by atoms with Crippen molar-refractivity contribution in [3.63, 3.8) is 0 Å². The second-order valence-corrected chi connectivity index (χ2v) is 8.22. The fraction of sp³-hybridized carbons (Fsp3) is 0.167. The molecule has 0 saturated carbocycles. The minimum Gasteiger partial charge on any atom is -0.480 e. The maximum atomic E-state index is 12.4. The molecule has 1 atom stereocenters. The molecule has 4 rings (SSSR count). The number of carboxylic acid groups (broad SMARTS) is 1. The Hall–Kier alpha value is -3.02. The Kier molecular flexibility index (Phi) is 6.16. The highest BCUT2D eigenvalue weighted by Gasteiger charge is 2.29. The third-order valence-corrected chi connectivity index (χ3v) is 5.73. The standard InChI is InChI=1S/C24H19Cl2NO4/c25-15-9-14(10-16(26)12-15)11-22(23(28)29)27-24(30)31-13-21-19-7-3-1-5-17(19)18-6-2-4-8-20(18)21/h1-10,12,21-22H,11,13H2,(H,27,30)(H,28,29)/t22-/m1/s1. The van der Waals surface area contributed by atoms with E-state index in [2.05, 4.69) is 5.32 Å². The first kappa shape index (κ1) is 21.2. The van der Waals surface area contributed by atoms with Gasteiger partial charge in [0, 0.05) is 22.4 Å². The molecular weight excluding hydrogens is 437 g/mol. The van der Waals surface area contributed by atoms with Gasteiger partial charge in [-0.2, -0.15) is 0 Å². The van der Waals surface area contributed by atoms with Crippen LogP contribution in [0.2, 0.25) is 10.0 Å². The number of hydrogen-bond donors (Lipinski definition) is 2. The second-order valence-electron chi connectivity index (χ2n) is 7.34. The summed E-state index contributed by atoms with van der Waals surface area (Å²) >= 11 is 12.0. The Morgan fingerprint density at radius 2 is 1.48 bits per heavy atom. The van der Waals surface area contributed by atoms with Gasteiger partial charge < -0.3 is 15.2 Å². The van der Waals surface area contributed by atoms with Gasteiger partial charge >= 0.3 is 12.1 Å². The van der Waals surface area contributed by atoms with Gasteiger partial charge in [0.05, 0.1) is 0 Å². The van der Waals surface area contributed by atoms with E-state index in [4.69, 9.17) is 27.9 Å². The van der Waals surface area contributed by atoms with Crippen LogP contribution in [0, 0.1) is 0 Å². The van der Waals surface area contributed by atoms with Crippen molar-refractivity contribution in [2.24, 2.45) is 0 Å². The van der Waals surface area contributed by atoms with Gasteiger partial charge in [0.1, 0.15) is 12.6 Å². The molecule has 0 fully saturated rings. The first-order valence-electron chi connectivity index (χ1n) is 9.71. The number of rotatable bonds is 6. The van der Waals surface area contributed by atoms with E-state index in [1.807, 2.05) is 48.5 Å². The predicted molar refractivity (Wildman–Crippen MR) is 120 cm³/mol. The number of carboxylic acids is 1. The molecule has 1 aliphatic carbocycles. The van der Waals surface area contributed by atoms with Crippen LogP contribution in [0.15, 0.2) is 66.7 Å². The van der Waals surface area contributed by atoms with Crippen LogP contribution in [0.3, 0.4) is 0 Å². The molecule has 0 saturated heterocycles. The van der Waals surface area contributed by atoms with Gasteiger partial charge in [0.25, 0.3) is 0 Å². The Bertz CT molecular complexity index is 1080. The summed E-state index contributed by atoms with van der Waals surface area (Å²) in [7, 11) is 0. The Morgan fingerprint density at radius 1 is 0.935 bits per heavy atom. The van der Waals surface area contributed by atoms with Crippen molar-refractivity contribution >= 4 is 35.3 Å². The topological polar surface area (TPSA) is 75.6 Å². The Morgan fingerprint density at radius 3 is 2.03 bits per heavy atom. The number of benzene rings is 3. The lowest BCUT2D eigenvalue weighted by Crippen LogP contribution is -2.42. The normalized spacial score (nSPS) is 13.2. The van der Waals surface area contributed by atoms with E-state index in [1.54, 1.807) is 18.2 Å². The van der Waals surface area contributed by atoms with Gasteiger partial charge in [0.15, 0.2) is 0 Å². The van der Waals surface area contributed by atoms with Crippen LogP contribution in [0.5, 0.6) is 0 Å². The zero-order valence-electron chi connectivity index (χ0n) is 16.3. The van der Waals surface area contributed by atoms with Crippen molar-refractivity contribution in [2.45, 2.75) is 18.4 Å². The quantitative estimate of drug-likeness (QED) is 0.512. The van der Waals surface area contributed by atoms with Crippen LogP contribution in [-0.4, -0.2) is 29.8 Å². The molecule has 31 heavy (non-hydrogen) atoms. The maximum Gasteiger partial charge on any atom is 0.407 e. The van der Waals surface area contributed by atoms with Crippen LogP contribution in [-0.2, 0) is 16.0 Å². The highest BCUT2D eigenvalue weighted by Crippen LogP contribution is 2.44. The Labute approximate surface area is 189 Å². The van der Waals surface area contributed by atoms with E-state index < -0.39 is 18.1 Å². The average molecular weight is 456 g/mol. The lowest BCUT2D eigenvalue weighted by atomic mass is 9.98. The van der Waals surface area contributed by atoms with Gasteiger partial charge in [-0.25, -0.2) is 9.59 Å². The zero-order valence-corrected chi connectivity index (χ0v) is 17.9. The number of halogens is 2. The lowest BCUT2D eigenvalue weighted by molar-refractivity contribution is -0.139. The third-order valence-electron chi connectivity index (χ3n) is 5.30. The lowest BCUT2D eigenvalue weighted by Gasteiger charge is -2.17. The van der Waals surface area contributed by atoms with Gasteiger partial charge in [-0.15, -0.1) is 0 Å². The average Bonchev–Trinajstić information content (AvgIpc) is 3.05. The monoisotopic (exact) mass is 455 g/mol. The summed E-state index contributed by atoms with van der Waals surface area (Å²) in [6.45, 7) is 0.106. The minimum atomic E-state index is -1.18. The fourth-order valence-electron chi connectivity index (χ4n) is 3.95. The molecule has 3 aromatic rings. The van der Waals surface area contributed by atoms with E-state index >= 15 is 0 Å². The molecule has 2 N–H and O–H groups in total. The predicted octanol–water partition coefficient (Wildman–Crippen LogP) is 5.53. The third kappa shape index (κ3) is 4.68. The largest absolute Gasteiger partial charge is 0.480 e. The molecule has 7 heteroatoms. The highest BCUT2D eigenvalue weighted by molar-refractivity contribution is 6.34. The minimum absolute atomic E-state index is 0.0276. The summed E-state index contributed by atoms with van der Waals surface area (Å²) in [5.74, 6) is -1.28. The molecule has 1 aliphatic rings. The van der Waals surface area contributed by atoms with E-state index in [1.165, 1.54) is 0 Å². The van der Waals surface area contributed by atoms with Gasteiger partial charge in [0.2, 0.25) is 0 Å². The number of fused-ring (bicyclic) bond motifs is 3. The fourth-order valence-corrected chi connectivity index (χ4v) is 4.52. The number of ether oxygens (including phenoxy) is 1. The number of hydrogen-bond acceptors (Lipinski definition) is 3. The van der Waals surface area contributed by atoms with Gasteiger partial charge in [-0.3, -0.25) is 0 Å². The SMILES string of the molecule is O=C(N[C@H](Cc1cc(Cl)cc(Cl)c1)C(=O)O)OCC1c2ccccc2-c2ccccc21. The number of aliphatic carboxylic acids is 1. The molecule has 0 radical (unpaired) electrons. The van der Waals surface area contributed by atoms with Crippen LogP contribution in [0.4, 0.5) is 4.79 Å². The van der Waals surface area contributed by atoms with E-state index in [0.717, 1.165) is 22.3 Å². The van der Waals surface area contributed by atoms with E-state index in [9.17, 15) is 14.7 Å². The Balaban J connectivity index is 1.44. The molecule has 0 spiro atoms. The summed E-state index contributed by atoms with van der Waals surface area (Å²) in [6.07, 6.45) is -0.762. The highest BCUT2D eigenvalue weighted by atomic mass is 35.5. The van der Waals surface area contributed by atoms with Crippen molar-refractivity contribution < 1.29 is 19.4 Å². The van der Waals surface area contributed by atoms with Crippen LogP contribution >= 0.6 is 23.2 Å². The van der Waals surface area contributed by atoms with Gasteiger partial charge in [-0.1, -0.05) is 71.7 Å². The van der Waals surface area contributed by atoms with Crippen LogP contribution in [0.25, 0.3) is 11.1 Å². The van der Waals surface area contributed by atoms with Crippen molar-refractivity contribution in [3.8, 4) is 11.1 Å². The smallest absolute Gasteiger partial charge is 0.407 e. The number of amides is 1. The summed E-state index contributed by atoms with van der Waals surface area (Å²) in [6, 6.07) is 19.6. The van der Waals surface area contributed by atoms with Crippen molar-refractivity contribution in [1.29, 1.82) is 0 Å². The molecular formula is C24H19Cl2NO4. The molecule has 0 heterocycles. The maximum absolute atomic E-state index is 12.4. The molecule has 3 aromatic carbocycles. The van der Waals surface area contributed by atoms with Crippen molar-refractivity contribution in [3.05, 3.63) is 93.5 Å². The van der Waals surface area contributed by atoms with E-state index in [0.29, 0.717) is 15.6 Å². The number of nitrogens with one attached hydrogen (secondary N) is 1. The molecule has 0 unspecified atom stereocenters. The van der Waals surface area contributed by atoms with Crippen molar-refractivity contribution in [1.82, 2.24) is 5.32 Å². The number of carbonyl (C=O) groups is 2. The molecule has 1 amide bonds. The molecule has 0 aliphatic heterocycles.